The number of nitro benzene ring substituents is 1. The summed E-state index contributed by atoms with van der Waals surface area (Å²) in [5, 5.41) is 18.5. The van der Waals surface area contributed by atoms with E-state index in [9.17, 15) is 14.9 Å². The van der Waals surface area contributed by atoms with Crippen LogP contribution in [0.25, 0.3) is 11.5 Å². The molecule has 3 aromatic rings. The van der Waals surface area contributed by atoms with Gasteiger partial charge in [0.2, 0.25) is 5.89 Å². The number of methoxy groups -OCH3 is 1. The standard InChI is InChI=1S/C19H17N3O6/c1-12(27-17(23)11-13-4-3-5-16(10-13)26-2)18-20-21-19(28-18)14-6-8-15(9-7-14)22(24)25/h3-10,12H,11H2,1-2H3. The van der Waals surface area contributed by atoms with Gasteiger partial charge in [0, 0.05) is 17.7 Å². The van der Waals surface area contributed by atoms with Crippen molar-refractivity contribution in [3.05, 3.63) is 70.1 Å². The molecule has 1 heterocycles. The van der Waals surface area contributed by atoms with E-state index in [2.05, 4.69) is 10.2 Å². The molecular weight excluding hydrogens is 366 g/mol. The van der Waals surface area contributed by atoms with Crippen molar-refractivity contribution in [2.45, 2.75) is 19.4 Å². The van der Waals surface area contributed by atoms with Gasteiger partial charge in [0.25, 0.3) is 11.6 Å². The Morgan fingerprint density at radius 1 is 1.21 bits per heavy atom. The second kappa shape index (κ2) is 8.30. The maximum absolute atomic E-state index is 12.2. The third-order valence-electron chi connectivity index (χ3n) is 3.90. The molecule has 0 spiro atoms. The number of rotatable bonds is 7. The van der Waals surface area contributed by atoms with Crippen LogP contribution in [0.2, 0.25) is 0 Å². The number of hydrogen-bond acceptors (Lipinski definition) is 8. The van der Waals surface area contributed by atoms with Gasteiger partial charge in [0.15, 0.2) is 6.10 Å². The molecule has 1 aromatic heterocycles. The summed E-state index contributed by atoms with van der Waals surface area (Å²) < 4.78 is 16.0. The van der Waals surface area contributed by atoms with Gasteiger partial charge in [-0.25, -0.2) is 0 Å². The number of ether oxygens (including phenoxy) is 2. The Kier molecular flexibility index (Phi) is 5.64. The van der Waals surface area contributed by atoms with E-state index >= 15 is 0 Å². The summed E-state index contributed by atoms with van der Waals surface area (Å²) in [7, 11) is 1.55. The third kappa shape index (κ3) is 4.50. The number of hydrogen-bond donors (Lipinski definition) is 0. The molecule has 0 aliphatic carbocycles. The lowest BCUT2D eigenvalue weighted by Gasteiger charge is -2.10. The van der Waals surface area contributed by atoms with Crippen LogP contribution in [0.5, 0.6) is 5.75 Å². The molecule has 2 aromatic carbocycles. The first kappa shape index (κ1) is 19.0. The Labute approximate surface area is 160 Å². The highest BCUT2D eigenvalue weighted by molar-refractivity contribution is 5.73. The minimum absolute atomic E-state index is 0.0386. The maximum atomic E-state index is 12.2. The van der Waals surface area contributed by atoms with Crippen molar-refractivity contribution in [3.63, 3.8) is 0 Å². The van der Waals surface area contributed by atoms with Crippen molar-refractivity contribution < 1.29 is 23.6 Å². The van der Waals surface area contributed by atoms with Crippen molar-refractivity contribution in [2.24, 2.45) is 0 Å². The molecule has 0 saturated carbocycles. The van der Waals surface area contributed by atoms with Crippen LogP contribution in [0.4, 0.5) is 5.69 Å². The fourth-order valence-corrected chi connectivity index (χ4v) is 2.48. The van der Waals surface area contributed by atoms with E-state index in [-0.39, 0.29) is 23.9 Å². The predicted molar refractivity (Wildman–Crippen MR) is 97.6 cm³/mol. The van der Waals surface area contributed by atoms with Crippen molar-refractivity contribution in [3.8, 4) is 17.2 Å². The van der Waals surface area contributed by atoms with Crippen LogP contribution in [0, 0.1) is 10.1 Å². The molecule has 0 amide bonds. The van der Waals surface area contributed by atoms with Crippen molar-refractivity contribution in [1.29, 1.82) is 0 Å². The summed E-state index contributed by atoms with van der Waals surface area (Å²) in [6, 6.07) is 12.8. The van der Waals surface area contributed by atoms with Gasteiger partial charge in [0.1, 0.15) is 5.75 Å². The number of esters is 1. The van der Waals surface area contributed by atoms with Crippen molar-refractivity contribution >= 4 is 11.7 Å². The molecular formula is C19H17N3O6. The van der Waals surface area contributed by atoms with Crippen LogP contribution in [0.3, 0.4) is 0 Å². The average molecular weight is 383 g/mol. The lowest BCUT2D eigenvalue weighted by molar-refractivity contribution is -0.384. The number of carbonyl (C=O) groups excluding carboxylic acids is 1. The number of nitrogens with zero attached hydrogens (tertiary/aromatic N) is 3. The van der Waals surface area contributed by atoms with Gasteiger partial charge in [-0.3, -0.25) is 14.9 Å². The summed E-state index contributed by atoms with van der Waals surface area (Å²) in [5.41, 5.74) is 1.25. The Balaban J connectivity index is 1.64. The van der Waals surface area contributed by atoms with E-state index in [0.717, 1.165) is 5.56 Å². The molecule has 0 bridgehead atoms. The maximum Gasteiger partial charge on any atom is 0.311 e. The van der Waals surface area contributed by atoms with Crippen LogP contribution in [0.1, 0.15) is 24.5 Å². The first-order valence-corrected chi connectivity index (χ1v) is 8.37. The summed E-state index contributed by atoms with van der Waals surface area (Å²) >= 11 is 0. The van der Waals surface area contributed by atoms with Crippen LogP contribution >= 0.6 is 0 Å². The smallest absolute Gasteiger partial charge is 0.311 e. The second-order valence-electron chi connectivity index (χ2n) is 5.91. The molecule has 0 radical (unpaired) electrons. The van der Waals surface area contributed by atoms with Gasteiger partial charge in [-0.1, -0.05) is 12.1 Å². The summed E-state index contributed by atoms with van der Waals surface area (Å²) in [5.74, 6) is 0.520. The second-order valence-corrected chi connectivity index (χ2v) is 5.91. The summed E-state index contributed by atoms with van der Waals surface area (Å²) in [6.45, 7) is 1.62. The number of carbonyl (C=O) groups is 1. The van der Waals surface area contributed by atoms with E-state index in [1.165, 1.54) is 24.3 Å². The normalized spacial score (nSPS) is 11.6. The third-order valence-corrected chi connectivity index (χ3v) is 3.90. The van der Waals surface area contributed by atoms with E-state index in [1.807, 2.05) is 0 Å². The number of benzene rings is 2. The Bertz CT molecular complexity index is 983. The molecule has 1 atom stereocenters. The average Bonchev–Trinajstić information content (AvgIpc) is 3.18. The summed E-state index contributed by atoms with van der Waals surface area (Å²) in [4.78, 5) is 22.4. The molecule has 28 heavy (non-hydrogen) atoms. The van der Waals surface area contributed by atoms with Crippen LogP contribution in [0.15, 0.2) is 52.9 Å². The molecule has 0 N–H and O–H groups in total. The largest absolute Gasteiger partial charge is 0.497 e. The molecule has 0 aliphatic heterocycles. The minimum Gasteiger partial charge on any atom is -0.497 e. The van der Waals surface area contributed by atoms with Gasteiger partial charge in [-0.05, 0) is 36.8 Å². The number of aromatic nitrogens is 2. The topological polar surface area (TPSA) is 118 Å². The molecule has 1 unspecified atom stereocenters. The highest BCUT2D eigenvalue weighted by Crippen LogP contribution is 2.24. The molecule has 0 fully saturated rings. The number of non-ortho nitro benzene ring substituents is 1. The van der Waals surface area contributed by atoms with Gasteiger partial charge in [-0.2, -0.15) is 0 Å². The van der Waals surface area contributed by atoms with E-state index in [0.29, 0.717) is 11.3 Å². The molecule has 144 valence electrons. The van der Waals surface area contributed by atoms with E-state index in [1.54, 1.807) is 38.3 Å². The quantitative estimate of drug-likeness (QED) is 0.346. The molecule has 3 rings (SSSR count). The van der Waals surface area contributed by atoms with Gasteiger partial charge in [0.05, 0.1) is 18.5 Å². The van der Waals surface area contributed by atoms with Gasteiger partial charge < -0.3 is 13.9 Å². The molecule has 9 nitrogen and oxygen atoms in total. The highest BCUT2D eigenvalue weighted by Gasteiger charge is 2.19. The lowest BCUT2D eigenvalue weighted by Crippen LogP contribution is -2.11. The van der Waals surface area contributed by atoms with Crippen molar-refractivity contribution in [1.82, 2.24) is 10.2 Å². The zero-order valence-electron chi connectivity index (χ0n) is 15.2. The first-order valence-electron chi connectivity index (χ1n) is 8.37. The van der Waals surface area contributed by atoms with Gasteiger partial charge in [-0.15, -0.1) is 10.2 Å². The first-order chi connectivity index (χ1) is 13.5. The zero-order chi connectivity index (χ0) is 20.1. The monoisotopic (exact) mass is 383 g/mol. The molecule has 9 heteroatoms. The SMILES string of the molecule is COc1cccc(CC(=O)OC(C)c2nnc(-c3ccc([N+](=O)[O-])cc3)o2)c1. The Morgan fingerprint density at radius 2 is 1.96 bits per heavy atom. The van der Waals surface area contributed by atoms with Crippen LogP contribution in [-0.4, -0.2) is 28.2 Å². The van der Waals surface area contributed by atoms with Gasteiger partial charge >= 0.3 is 5.97 Å². The molecule has 0 saturated heterocycles. The fourth-order valence-electron chi connectivity index (χ4n) is 2.48. The fraction of sp³-hybridized carbons (Fsp3) is 0.211. The van der Waals surface area contributed by atoms with E-state index in [4.69, 9.17) is 13.9 Å². The minimum atomic E-state index is -0.739. The zero-order valence-corrected chi connectivity index (χ0v) is 15.2. The van der Waals surface area contributed by atoms with Crippen molar-refractivity contribution in [2.75, 3.05) is 7.11 Å². The Morgan fingerprint density at radius 3 is 2.64 bits per heavy atom. The van der Waals surface area contributed by atoms with E-state index < -0.39 is 17.0 Å². The predicted octanol–water partition coefficient (Wildman–Crippen LogP) is 3.50. The van der Waals surface area contributed by atoms with Crippen LogP contribution < -0.4 is 4.74 Å². The highest BCUT2D eigenvalue weighted by atomic mass is 16.6. The number of nitro groups is 1. The molecule has 0 aliphatic rings. The summed E-state index contributed by atoms with van der Waals surface area (Å²) in [6.07, 6.45) is -0.664. The van der Waals surface area contributed by atoms with Crippen LogP contribution in [-0.2, 0) is 16.0 Å². The Hall–Kier alpha value is -3.75. The lowest BCUT2D eigenvalue weighted by atomic mass is 10.1.